The lowest BCUT2D eigenvalue weighted by molar-refractivity contribution is -0.131. The lowest BCUT2D eigenvalue weighted by Crippen LogP contribution is -2.17. The molecule has 0 unspecified atom stereocenters. The van der Waals surface area contributed by atoms with Crippen molar-refractivity contribution in [2.45, 2.75) is 45.6 Å². The third kappa shape index (κ3) is 9.08. The Morgan fingerprint density at radius 2 is 2.00 bits per heavy atom. The number of carboxylic acids is 1. The second kappa shape index (κ2) is 5.02. The van der Waals surface area contributed by atoms with Gasteiger partial charge in [0.2, 0.25) is 0 Å². The predicted molar refractivity (Wildman–Crippen MR) is 51.5 cm³/mol. The van der Waals surface area contributed by atoms with E-state index in [1.165, 1.54) is 6.08 Å². The Balaban J connectivity index is 3.72. The standard InChI is InChI=1S/C10H18O3/c1-8(7-9(11)12)5-4-6-10(2,3)13/h7,13H,4-6H2,1-3H3,(H,11,12)/b8-7+. The summed E-state index contributed by atoms with van der Waals surface area (Å²) in [6, 6.07) is 0. The van der Waals surface area contributed by atoms with Gasteiger partial charge in [0, 0.05) is 6.08 Å². The molecule has 0 radical (unpaired) electrons. The summed E-state index contributed by atoms with van der Waals surface area (Å²) in [5.41, 5.74) is 0.195. The van der Waals surface area contributed by atoms with Gasteiger partial charge in [0.05, 0.1) is 5.60 Å². The minimum Gasteiger partial charge on any atom is -0.478 e. The molecule has 0 atom stereocenters. The van der Waals surface area contributed by atoms with Crippen LogP contribution in [0.5, 0.6) is 0 Å². The van der Waals surface area contributed by atoms with E-state index in [4.69, 9.17) is 5.11 Å². The Morgan fingerprint density at radius 1 is 1.46 bits per heavy atom. The first-order valence-electron chi connectivity index (χ1n) is 4.44. The lowest BCUT2D eigenvalue weighted by atomic mass is 9.99. The zero-order valence-electron chi connectivity index (χ0n) is 8.50. The van der Waals surface area contributed by atoms with Gasteiger partial charge in [-0.1, -0.05) is 5.57 Å². The Bertz CT molecular complexity index is 199. The van der Waals surface area contributed by atoms with Crippen LogP contribution in [0, 0.1) is 0 Å². The maximum Gasteiger partial charge on any atom is 0.328 e. The average molecular weight is 186 g/mol. The molecule has 0 rings (SSSR count). The van der Waals surface area contributed by atoms with Gasteiger partial charge in [0.15, 0.2) is 0 Å². The van der Waals surface area contributed by atoms with Crippen molar-refractivity contribution >= 4 is 5.97 Å². The molecule has 3 nitrogen and oxygen atoms in total. The third-order valence-electron chi connectivity index (χ3n) is 1.73. The van der Waals surface area contributed by atoms with Gasteiger partial charge in [0.1, 0.15) is 0 Å². The van der Waals surface area contributed by atoms with Gasteiger partial charge in [-0.3, -0.25) is 0 Å². The maximum absolute atomic E-state index is 10.2. The van der Waals surface area contributed by atoms with Crippen molar-refractivity contribution in [1.82, 2.24) is 0 Å². The highest BCUT2D eigenvalue weighted by atomic mass is 16.4. The topological polar surface area (TPSA) is 57.5 Å². The fraction of sp³-hybridized carbons (Fsp3) is 0.700. The molecule has 0 aromatic heterocycles. The van der Waals surface area contributed by atoms with E-state index in [-0.39, 0.29) is 0 Å². The van der Waals surface area contributed by atoms with E-state index < -0.39 is 11.6 Å². The van der Waals surface area contributed by atoms with Gasteiger partial charge in [-0.15, -0.1) is 0 Å². The number of carbonyl (C=O) groups is 1. The largest absolute Gasteiger partial charge is 0.478 e. The van der Waals surface area contributed by atoms with Crippen molar-refractivity contribution in [2.24, 2.45) is 0 Å². The zero-order chi connectivity index (χ0) is 10.5. The molecule has 0 aliphatic heterocycles. The van der Waals surface area contributed by atoms with Gasteiger partial charge >= 0.3 is 5.97 Å². The summed E-state index contributed by atoms with van der Waals surface area (Å²) in [6.07, 6.45) is 3.46. The molecule has 0 spiro atoms. The minimum atomic E-state index is -0.902. The third-order valence-corrected chi connectivity index (χ3v) is 1.73. The minimum absolute atomic E-state index is 0.649. The Labute approximate surface area is 79.1 Å². The summed E-state index contributed by atoms with van der Waals surface area (Å²) in [5.74, 6) is -0.902. The summed E-state index contributed by atoms with van der Waals surface area (Å²) in [5, 5.41) is 17.8. The van der Waals surface area contributed by atoms with E-state index in [2.05, 4.69) is 0 Å². The molecular formula is C10H18O3. The fourth-order valence-corrected chi connectivity index (χ4v) is 1.08. The van der Waals surface area contributed by atoms with E-state index in [1.54, 1.807) is 20.8 Å². The molecule has 13 heavy (non-hydrogen) atoms. The smallest absolute Gasteiger partial charge is 0.328 e. The molecule has 0 aliphatic rings. The highest BCUT2D eigenvalue weighted by Crippen LogP contribution is 2.14. The van der Waals surface area contributed by atoms with Gasteiger partial charge in [0.25, 0.3) is 0 Å². The first kappa shape index (κ1) is 12.2. The highest BCUT2D eigenvalue weighted by molar-refractivity contribution is 5.80. The molecular weight excluding hydrogens is 168 g/mol. The van der Waals surface area contributed by atoms with Crippen molar-refractivity contribution in [1.29, 1.82) is 0 Å². The molecule has 76 valence electrons. The van der Waals surface area contributed by atoms with Crippen LogP contribution in [-0.4, -0.2) is 21.8 Å². The van der Waals surface area contributed by atoms with Crippen molar-refractivity contribution in [3.8, 4) is 0 Å². The van der Waals surface area contributed by atoms with Gasteiger partial charge in [-0.05, 0) is 40.0 Å². The summed E-state index contributed by atoms with van der Waals surface area (Å²) >= 11 is 0. The van der Waals surface area contributed by atoms with E-state index in [9.17, 15) is 9.90 Å². The number of allylic oxidation sites excluding steroid dienone is 1. The molecule has 0 aromatic carbocycles. The number of carboxylic acid groups (broad SMARTS) is 1. The Kier molecular flexibility index (Phi) is 4.70. The number of hydrogen-bond acceptors (Lipinski definition) is 2. The number of aliphatic carboxylic acids is 1. The van der Waals surface area contributed by atoms with Crippen LogP contribution in [0.2, 0.25) is 0 Å². The quantitative estimate of drug-likeness (QED) is 0.645. The summed E-state index contributed by atoms with van der Waals surface area (Å²) in [6.45, 7) is 5.30. The molecule has 3 heteroatoms. The fourth-order valence-electron chi connectivity index (χ4n) is 1.08. The van der Waals surface area contributed by atoms with E-state index in [0.29, 0.717) is 6.42 Å². The number of aliphatic hydroxyl groups is 1. The normalized spacial score (nSPS) is 13.1. The molecule has 0 saturated heterocycles. The Hall–Kier alpha value is -0.830. The maximum atomic E-state index is 10.2. The molecule has 0 saturated carbocycles. The number of hydrogen-bond donors (Lipinski definition) is 2. The van der Waals surface area contributed by atoms with E-state index in [1.807, 2.05) is 0 Å². The van der Waals surface area contributed by atoms with Crippen molar-refractivity contribution in [3.05, 3.63) is 11.6 Å². The van der Waals surface area contributed by atoms with Crippen LogP contribution in [-0.2, 0) is 4.79 Å². The van der Waals surface area contributed by atoms with Crippen LogP contribution in [0.15, 0.2) is 11.6 Å². The zero-order valence-corrected chi connectivity index (χ0v) is 8.50. The first-order valence-corrected chi connectivity index (χ1v) is 4.44. The molecule has 0 bridgehead atoms. The first-order chi connectivity index (χ1) is 5.81. The van der Waals surface area contributed by atoms with E-state index in [0.717, 1.165) is 18.4 Å². The van der Waals surface area contributed by atoms with Crippen LogP contribution < -0.4 is 0 Å². The van der Waals surface area contributed by atoms with Crippen LogP contribution in [0.3, 0.4) is 0 Å². The predicted octanol–water partition coefficient (Wildman–Crippen LogP) is 1.96. The summed E-state index contributed by atoms with van der Waals surface area (Å²) in [7, 11) is 0. The van der Waals surface area contributed by atoms with Gasteiger partial charge < -0.3 is 10.2 Å². The van der Waals surface area contributed by atoms with Crippen molar-refractivity contribution in [2.75, 3.05) is 0 Å². The molecule has 0 fully saturated rings. The van der Waals surface area contributed by atoms with Crippen molar-refractivity contribution in [3.63, 3.8) is 0 Å². The van der Waals surface area contributed by atoms with Crippen LogP contribution in [0.4, 0.5) is 0 Å². The van der Waals surface area contributed by atoms with Crippen molar-refractivity contribution < 1.29 is 15.0 Å². The average Bonchev–Trinajstić information content (AvgIpc) is 1.81. The number of rotatable bonds is 5. The Morgan fingerprint density at radius 3 is 2.38 bits per heavy atom. The van der Waals surface area contributed by atoms with E-state index >= 15 is 0 Å². The van der Waals surface area contributed by atoms with Gasteiger partial charge in [-0.25, -0.2) is 4.79 Å². The lowest BCUT2D eigenvalue weighted by Gasteiger charge is -2.16. The van der Waals surface area contributed by atoms with Gasteiger partial charge in [-0.2, -0.15) is 0 Å². The molecule has 0 heterocycles. The summed E-state index contributed by atoms with van der Waals surface area (Å²) in [4.78, 5) is 10.2. The molecule has 0 aliphatic carbocycles. The molecule has 0 aromatic rings. The summed E-state index contributed by atoms with van der Waals surface area (Å²) < 4.78 is 0. The SMILES string of the molecule is C/C(=C\C(=O)O)CCCC(C)(C)O. The molecule has 2 N–H and O–H groups in total. The van der Waals surface area contributed by atoms with Crippen LogP contribution >= 0.6 is 0 Å². The second-order valence-corrected chi connectivity index (χ2v) is 3.99. The highest BCUT2D eigenvalue weighted by Gasteiger charge is 2.11. The second-order valence-electron chi connectivity index (χ2n) is 3.99. The van der Waals surface area contributed by atoms with Crippen LogP contribution in [0.25, 0.3) is 0 Å². The monoisotopic (exact) mass is 186 g/mol. The molecule has 0 amide bonds. The van der Waals surface area contributed by atoms with Crippen LogP contribution in [0.1, 0.15) is 40.0 Å².